The van der Waals surface area contributed by atoms with Crippen LogP contribution >= 0.6 is 0 Å². The number of carboxylic acids is 1. The van der Waals surface area contributed by atoms with Gasteiger partial charge in [0.1, 0.15) is 48.0 Å². The summed E-state index contributed by atoms with van der Waals surface area (Å²) in [4.78, 5) is 144. The molecule has 7 rings (SSSR count). The van der Waals surface area contributed by atoms with Crippen molar-refractivity contribution >= 4 is 70.0 Å². The number of H-pyrrole nitrogens is 1. The number of nitrogens with two attached hydrogens (primary N) is 1. The largest absolute Gasteiger partial charge is 0.508 e. The van der Waals surface area contributed by atoms with E-state index in [0.717, 1.165) is 10.9 Å². The third-order valence-corrected chi connectivity index (χ3v) is 16.5. The van der Waals surface area contributed by atoms with Crippen molar-refractivity contribution in [3.8, 4) is 5.75 Å². The molecule has 0 unspecified atom stereocenters. The zero-order valence-electron chi connectivity index (χ0n) is 51.6. The number of carbonyl (C=O) groups excluding carboxylic acids is 9. The molecule has 0 radical (unpaired) electrons. The number of fused-ring (bicyclic) bond motifs is 1. The first-order valence-electron chi connectivity index (χ1n) is 30.8. The molecule has 91 heavy (non-hydrogen) atoms. The zero-order chi connectivity index (χ0) is 65.6. The Morgan fingerprint density at radius 1 is 0.527 bits per heavy atom. The van der Waals surface area contributed by atoms with Crippen LogP contribution in [0.5, 0.6) is 5.75 Å². The Hall–Kier alpha value is -9.90. The number of likely N-dealkylation sites (tertiary alicyclic amines) is 1. The van der Waals surface area contributed by atoms with Crippen molar-refractivity contribution in [3.63, 3.8) is 0 Å². The second kappa shape index (κ2) is 33.6. The standard InChI is InChI=1S/C68H83N11O12/c1-5-41(3)59(69)66(88)76-51(35-46-28-30-48(80)31-29-46)61(83)72-39-57(81)71-40-58(82)73-52(33-43-19-10-7-11-20-43)62(84)75-54(37-47-38-70-50-26-17-16-25-49(47)50)64(86)74-53(34-44-21-12-8-13-22-44)63(85)77-55(36-45-23-14-9-15-24-45)67(89)79-32-18-27-56(79)65(87)78-60(68(90)91)42(4)6-2/h7-17,19-26,28-31,38,41-42,51-56,59-60,70,80H,5-6,18,27,32-37,39-40,69H2,1-4H3,(H,71,81)(H,72,83)(H,73,82)(H,74,86)(H,75,84)(H,76,88)(H,77,85)(H,78,87)(H,90,91)/t41-,42-,51-,52-,53-,54-,55-,56-,59-,60-/m0/s1. The topological polar surface area (TPSA) is 352 Å². The lowest BCUT2D eigenvalue weighted by Gasteiger charge is -2.31. The van der Waals surface area contributed by atoms with E-state index in [1.807, 2.05) is 38.1 Å². The Labute approximate surface area is 528 Å². The van der Waals surface area contributed by atoms with Crippen molar-refractivity contribution in [2.45, 2.75) is 134 Å². The third kappa shape index (κ3) is 20.1. The minimum Gasteiger partial charge on any atom is -0.508 e. The predicted octanol–water partition coefficient (Wildman–Crippen LogP) is 3.02. The van der Waals surface area contributed by atoms with Crippen molar-refractivity contribution in [2.75, 3.05) is 19.6 Å². The number of rotatable bonds is 32. The molecule has 23 heteroatoms. The van der Waals surface area contributed by atoms with Crippen LogP contribution in [-0.2, 0) is 80.0 Å². The van der Waals surface area contributed by atoms with Crippen LogP contribution in [0.1, 0.15) is 81.2 Å². The lowest BCUT2D eigenvalue weighted by atomic mass is 9.98. The molecular weight excluding hydrogens is 1160 g/mol. The first-order chi connectivity index (χ1) is 43.7. The number of aromatic hydroxyl groups is 1. The minimum atomic E-state index is -1.42. The molecule has 2 heterocycles. The van der Waals surface area contributed by atoms with E-state index in [1.54, 1.807) is 123 Å². The van der Waals surface area contributed by atoms with E-state index in [9.17, 15) is 48.6 Å². The average molecular weight is 1250 g/mol. The quantitative estimate of drug-likeness (QED) is 0.0289. The second-order valence-corrected chi connectivity index (χ2v) is 23.2. The number of amides is 9. The van der Waals surface area contributed by atoms with E-state index in [4.69, 9.17) is 5.73 Å². The fourth-order valence-corrected chi connectivity index (χ4v) is 10.8. The van der Waals surface area contributed by atoms with Crippen LogP contribution in [0, 0.1) is 11.8 Å². The van der Waals surface area contributed by atoms with Crippen molar-refractivity contribution in [2.24, 2.45) is 17.6 Å². The molecular formula is C68H83N11O12. The van der Waals surface area contributed by atoms with Gasteiger partial charge in [-0.05, 0) is 70.7 Å². The number of para-hydroxylation sites is 1. The summed E-state index contributed by atoms with van der Waals surface area (Å²) in [5, 5.41) is 42.2. The summed E-state index contributed by atoms with van der Waals surface area (Å²) in [5.74, 6) is -8.26. The molecule has 6 aromatic rings. The Kier molecular flexibility index (Phi) is 25.3. The molecule has 0 spiro atoms. The van der Waals surface area contributed by atoms with E-state index >= 15 is 9.59 Å². The smallest absolute Gasteiger partial charge is 0.326 e. The number of benzene rings is 5. The van der Waals surface area contributed by atoms with Crippen LogP contribution in [0.2, 0.25) is 0 Å². The Morgan fingerprint density at radius 2 is 0.989 bits per heavy atom. The van der Waals surface area contributed by atoms with Gasteiger partial charge in [-0.25, -0.2) is 4.79 Å². The maximum absolute atomic E-state index is 15.2. The number of carboxylic acid groups (broad SMARTS) is 1. The number of carbonyl (C=O) groups is 10. The highest BCUT2D eigenvalue weighted by Crippen LogP contribution is 2.23. The van der Waals surface area contributed by atoms with E-state index in [-0.39, 0.29) is 56.7 Å². The molecule has 482 valence electrons. The Balaban J connectivity index is 1.10. The van der Waals surface area contributed by atoms with Gasteiger partial charge in [0.15, 0.2) is 0 Å². The van der Waals surface area contributed by atoms with Gasteiger partial charge in [0.05, 0.1) is 19.1 Å². The van der Waals surface area contributed by atoms with Crippen LogP contribution < -0.4 is 48.3 Å². The summed E-state index contributed by atoms with van der Waals surface area (Å²) in [7, 11) is 0. The number of phenols is 1. The van der Waals surface area contributed by atoms with E-state index in [0.29, 0.717) is 47.1 Å². The molecule has 0 saturated carbocycles. The van der Waals surface area contributed by atoms with Crippen LogP contribution in [0.3, 0.4) is 0 Å². The highest BCUT2D eigenvalue weighted by molar-refractivity contribution is 5.98. The number of aromatic amines is 1. The highest BCUT2D eigenvalue weighted by Gasteiger charge is 2.41. The van der Waals surface area contributed by atoms with E-state index in [1.165, 1.54) is 17.0 Å². The fraction of sp³-hybridized carbons (Fsp3) is 0.382. The van der Waals surface area contributed by atoms with Gasteiger partial charge in [-0.2, -0.15) is 0 Å². The molecule has 13 N–H and O–H groups in total. The summed E-state index contributed by atoms with van der Waals surface area (Å²) < 4.78 is 0. The monoisotopic (exact) mass is 1250 g/mol. The summed E-state index contributed by atoms with van der Waals surface area (Å²) in [6.07, 6.45) is 3.18. The number of aliphatic carboxylic acids is 1. The van der Waals surface area contributed by atoms with E-state index < -0.39 is 126 Å². The fourth-order valence-electron chi connectivity index (χ4n) is 10.8. The average Bonchev–Trinajstić information content (AvgIpc) is 1.89. The maximum Gasteiger partial charge on any atom is 0.326 e. The van der Waals surface area contributed by atoms with Gasteiger partial charge in [-0.15, -0.1) is 0 Å². The number of aromatic nitrogens is 1. The first-order valence-corrected chi connectivity index (χ1v) is 30.8. The van der Waals surface area contributed by atoms with Gasteiger partial charge in [0, 0.05) is 55.7 Å². The molecule has 1 aromatic heterocycles. The van der Waals surface area contributed by atoms with Gasteiger partial charge in [0.2, 0.25) is 53.2 Å². The normalized spacial score (nSPS) is 15.8. The summed E-state index contributed by atoms with van der Waals surface area (Å²) in [6, 6.07) is 30.1. The van der Waals surface area contributed by atoms with Crippen LogP contribution in [0.15, 0.2) is 146 Å². The first kappa shape index (κ1) is 68.6. The molecule has 23 nitrogen and oxygen atoms in total. The van der Waals surface area contributed by atoms with Crippen molar-refractivity contribution < 1.29 is 58.2 Å². The van der Waals surface area contributed by atoms with Crippen molar-refractivity contribution in [3.05, 3.63) is 174 Å². The molecule has 10 atom stereocenters. The van der Waals surface area contributed by atoms with Crippen LogP contribution in [0.4, 0.5) is 0 Å². The molecule has 5 aromatic carbocycles. The lowest BCUT2D eigenvalue weighted by molar-refractivity contribution is -0.146. The highest BCUT2D eigenvalue weighted by atomic mass is 16.4. The summed E-state index contributed by atoms with van der Waals surface area (Å²) >= 11 is 0. The van der Waals surface area contributed by atoms with Gasteiger partial charge < -0.3 is 68.4 Å². The molecule has 1 aliphatic rings. The molecule has 1 aliphatic heterocycles. The van der Waals surface area contributed by atoms with Gasteiger partial charge in [-0.3, -0.25) is 43.2 Å². The van der Waals surface area contributed by atoms with Crippen LogP contribution in [-0.4, -0.2) is 147 Å². The number of hydrogen-bond donors (Lipinski definition) is 12. The van der Waals surface area contributed by atoms with Gasteiger partial charge >= 0.3 is 5.97 Å². The number of nitrogens with one attached hydrogen (secondary N) is 9. The number of phenolic OH excluding ortho intramolecular Hbond substituents is 1. The van der Waals surface area contributed by atoms with Crippen molar-refractivity contribution in [1.82, 2.24) is 52.4 Å². The molecule has 0 bridgehead atoms. The lowest BCUT2D eigenvalue weighted by Crippen LogP contribution is -2.60. The van der Waals surface area contributed by atoms with Crippen LogP contribution in [0.25, 0.3) is 10.9 Å². The zero-order valence-corrected chi connectivity index (χ0v) is 51.6. The van der Waals surface area contributed by atoms with Crippen molar-refractivity contribution in [1.29, 1.82) is 0 Å². The van der Waals surface area contributed by atoms with Gasteiger partial charge in [-0.1, -0.05) is 162 Å². The van der Waals surface area contributed by atoms with E-state index in [2.05, 4.69) is 47.5 Å². The number of hydrogen-bond acceptors (Lipinski definition) is 12. The predicted molar refractivity (Wildman–Crippen MR) is 341 cm³/mol. The SMILES string of the molecule is CC[C@H](C)[C@H](N)C(=O)N[C@@H](Cc1ccc(O)cc1)C(=O)NCC(=O)NCC(=O)N[C@@H](Cc1ccccc1)C(=O)N[C@@H](Cc1c[nH]c2ccccc12)C(=O)N[C@@H](Cc1ccccc1)C(=O)N[C@@H](Cc1ccccc1)C(=O)N1CCC[C@H]1C(=O)N[C@H](C(=O)O)[C@@H](C)CC. The molecule has 0 aliphatic carbocycles. The minimum absolute atomic E-state index is 0.000735. The Morgan fingerprint density at radius 3 is 1.54 bits per heavy atom. The molecule has 1 fully saturated rings. The maximum atomic E-state index is 15.2. The third-order valence-electron chi connectivity index (χ3n) is 16.5. The molecule has 9 amide bonds. The summed E-state index contributed by atoms with van der Waals surface area (Å²) in [6.45, 7) is 6.10. The number of nitrogens with zero attached hydrogens (tertiary/aromatic N) is 1. The molecule has 1 saturated heterocycles. The van der Waals surface area contributed by atoms with Gasteiger partial charge in [0.25, 0.3) is 0 Å². The summed E-state index contributed by atoms with van der Waals surface area (Å²) in [5.41, 5.74) is 10.1. The Bertz CT molecular complexity index is 3460. The second-order valence-electron chi connectivity index (χ2n) is 23.2.